The molecule has 1 aromatic rings. The van der Waals surface area contributed by atoms with Crippen molar-refractivity contribution >= 4 is 5.91 Å². The molecule has 0 radical (unpaired) electrons. The number of carbonyl (C=O) groups is 1. The zero-order valence-electron chi connectivity index (χ0n) is 10.7. The summed E-state index contributed by atoms with van der Waals surface area (Å²) >= 11 is 0. The lowest BCUT2D eigenvalue weighted by Gasteiger charge is -2.06. The van der Waals surface area contributed by atoms with E-state index in [-0.39, 0.29) is 30.8 Å². The lowest BCUT2D eigenvalue weighted by Crippen LogP contribution is -2.25. The molecule has 2 atom stereocenters. The maximum Gasteiger partial charge on any atom is 0.223 e. The smallest absolute Gasteiger partial charge is 0.223 e. The number of rotatable bonds is 3. The average molecular weight is 261 g/mol. The Hall–Kier alpha value is -1.86. The highest BCUT2D eigenvalue weighted by molar-refractivity contribution is 5.81. The molecule has 100 valence electrons. The van der Waals surface area contributed by atoms with Crippen molar-refractivity contribution in [2.75, 3.05) is 6.61 Å². The second-order valence-corrected chi connectivity index (χ2v) is 4.80. The van der Waals surface area contributed by atoms with Gasteiger partial charge in [-0.1, -0.05) is 18.8 Å². The van der Waals surface area contributed by atoms with Gasteiger partial charge < -0.3 is 10.4 Å². The standard InChI is InChI=1S/C15H16FNO2/c1-10-7-13(10)15(19)17-9-12-8-11(3-2-6-18)4-5-14(12)16/h4-5,8,10,13,18H,6-7,9H2,1H3,(H,17,19). The Morgan fingerprint density at radius 2 is 2.32 bits per heavy atom. The van der Waals surface area contributed by atoms with Crippen molar-refractivity contribution in [1.82, 2.24) is 5.32 Å². The van der Waals surface area contributed by atoms with Gasteiger partial charge in [0.05, 0.1) is 0 Å². The highest BCUT2D eigenvalue weighted by Gasteiger charge is 2.38. The zero-order chi connectivity index (χ0) is 13.8. The first-order valence-corrected chi connectivity index (χ1v) is 6.27. The van der Waals surface area contributed by atoms with E-state index in [0.717, 1.165) is 6.42 Å². The zero-order valence-corrected chi connectivity index (χ0v) is 10.7. The number of hydrogen-bond acceptors (Lipinski definition) is 2. The van der Waals surface area contributed by atoms with E-state index in [1.54, 1.807) is 12.1 Å². The summed E-state index contributed by atoms with van der Waals surface area (Å²) in [7, 11) is 0. The predicted octanol–water partition coefficient (Wildman–Crippen LogP) is 1.44. The van der Waals surface area contributed by atoms with Crippen LogP contribution in [-0.2, 0) is 11.3 Å². The molecule has 1 aliphatic rings. The third-order valence-electron chi connectivity index (χ3n) is 3.26. The number of benzene rings is 1. The molecule has 0 aromatic heterocycles. The third-order valence-corrected chi connectivity index (χ3v) is 3.26. The predicted molar refractivity (Wildman–Crippen MR) is 69.5 cm³/mol. The van der Waals surface area contributed by atoms with Crippen LogP contribution in [0.5, 0.6) is 0 Å². The minimum absolute atomic E-state index is 0.0151. The van der Waals surface area contributed by atoms with Gasteiger partial charge >= 0.3 is 0 Å². The lowest BCUT2D eigenvalue weighted by molar-refractivity contribution is -0.122. The molecule has 1 aliphatic carbocycles. The van der Waals surface area contributed by atoms with Crippen LogP contribution in [0.4, 0.5) is 4.39 Å². The first-order valence-electron chi connectivity index (χ1n) is 6.27. The second-order valence-electron chi connectivity index (χ2n) is 4.80. The molecule has 1 amide bonds. The van der Waals surface area contributed by atoms with Crippen molar-refractivity contribution in [1.29, 1.82) is 0 Å². The van der Waals surface area contributed by atoms with Crippen molar-refractivity contribution in [3.05, 3.63) is 35.1 Å². The van der Waals surface area contributed by atoms with Crippen LogP contribution in [0.25, 0.3) is 0 Å². The largest absolute Gasteiger partial charge is 0.384 e. The molecule has 2 N–H and O–H groups in total. The summed E-state index contributed by atoms with van der Waals surface area (Å²) < 4.78 is 13.6. The Balaban J connectivity index is 2.00. The van der Waals surface area contributed by atoms with Crippen LogP contribution in [0, 0.1) is 29.5 Å². The van der Waals surface area contributed by atoms with E-state index >= 15 is 0 Å². The van der Waals surface area contributed by atoms with Gasteiger partial charge in [0.25, 0.3) is 0 Å². The molecule has 1 saturated carbocycles. The molecule has 2 rings (SSSR count). The van der Waals surface area contributed by atoms with Gasteiger partial charge in [0.15, 0.2) is 0 Å². The quantitative estimate of drug-likeness (QED) is 0.809. The van der Waals surface area contributed by atoms with Crippen LogP contribution in [-0.4, -0.2) is 17.6 Å². The van der Waals surface area contributed by atoms with E-state index in [2.05, 4.69) is 17.2 Å². The summed E-state index contributed by atoms with van der Waals surface area (Å²) in [5.41, 5.74) is 1.03. The monoisotopic (exact) mass is 261 g/mol. The fourth-order valence-electron chi connectivity index (χ4n) is 1.93. The molecular formula is C15H16FNO2. The van der Waals surface area contributed by atoms with Gasteiger partial charge in [-0.25, -0.2) is 4.39 Å². The van der Waals surface area contributed by atoms with E-state index in [9.17, 15) is 9.18 Å². The number of aliphatic hydroxyl groups excluding tert-OH is 1. The second kappa shape index (κ2) is 5.85. The number of carbonyl (C=O) groups excluding carboxylic acids is 1. The summed E-state index contributed by atoms with van der Waals surface area (Å²) in [5, 5.41) is 11.4. The molecule has 2 unspecified atom stereocenters. The minimum Gasteiger partial charge on any atom is -0.384 e. The van der Waals surface area contributed by atoms with Gasteiger partial charge in [-0.05, 0) is 30.5 Å². The van der Waals surface area contributed by atoms with E-state index < -0.39 is 0 Å². The van der Waals surface area contributed by atoms with E-state index in [1.807, 2.05) is 6.92 Å². The van der Waals surface area contributed by atoms with Crippen LogP contribution in [0.15, 0.2) is 18.2 Å². The topological polar surface area (TPSA) is 49.3 Å². The van der Waals surface area contributed by atoms with Gasteiger partial charge in [-0.15, -0.1) is 0 Å². The Morgan fingerprint density at radius 3 is 2.95 bits per heavy atom. The molecule has 0 bridgehead atoms. The maximum atomic E-state index is 13.6. The average Bonchev–Trinajstić information content (AvgIpc) is 3.13. The first kappa shape index (κ1) is 13.6. The highest BCUT2D eigenvalue weighted by atomic mass is 19.1. The normalized spacial score (nSPS) is 20.4. The van der Waals surface area contributed by atoms with Crippen LogP contribution in [0.1, 0.15) is 24.5 Å². The molecule has 0 aliphatic heterocycles. The van der Waals surface area contributed by atoms with Crippen LogP contribution in [0.2, 0.25) is 0 Å². The number of nitrogens with one attached hydrogen (secondary N) is 1. The SMILES string of the molecule is CC1CC1C(=O)NCc1cc(C#CCO)ccc1F. The first-order chi connectivity index (χ1) is 9.11. The molecule has 1 aromatic carbocycles. The minimum atomic E-state index is -0.362. The summed E-state index contributed by atoms with van der Waals surface area (Å²) in [6, 6.07) is 4.46. The lowest BCUT2D eigenvalue weighted by atomic mass is 10.1. The summed E-state index contributed by atoms with van der Waals surface area (Å²) in [4.78, 5) is 11.7. The van der Waals surface area contributed by atoms with Crippen LogP contribution < -0.4 is 5.32 Å². The molecule has 19 heavy (non-hydrogen) atoms. The number of amides is 1. The van der Waals surface area contributed by atoms with Crippen molar-refractivity contribution in [2.24, 2.45) is 11.8 Å². The molecular weight excluding hydrogens is 245 g/mol. The van der Waals surface area contributed by atoms with Gasteiger partial charge in [0, 0.05) is 23.6 Å². The van der Waals surface area contributed by atoms with Crippen molar-refractivity contribution < 1.29 is 14.3 Å². The highest BCUT2D eigenvalue weighted by Crippen LogP contribution is 2.37. The van der Waals surface area contributed by atoms with Crippen LogP contribution >= 0.6 is 0 Å². The van der Waals surface area contributed by atoms with Gasteiger partial charge in [0.2, 0.25) is 5.91 Å². The maximum absolute atomic E-state index is 13.6. The fraction of sp³-hybridized carbons (Fsp3) is 0.400. The van der Waals surface area contributed by atoms with Crippen LogP contribution in [0.3, 0.4) is 0 Å². The Morgan fingerprint density at radius 1 is 1.58 bits per heavy atom. The molecule has 0 heterocycles. The van der Waals surface area contributed by atoms with Crippen molar-refractivity contribution in [3.8, 4) is 11.8 Å². The third kappa shape index (κ3) is 3.55. The Labute approximate surface area is 111 Å². The van der Waals surface area contributed by atoms with E-state index in [1.165, 1.54) is 6.07 Å². The summed E-state index contributed by atoms with van der Waals surface area (Å²) in [6.07, 6.45) is 0.913. The number of aliphatic hydroxyl groups is 1. The van der Waals surface area contributed by atoms with Gasteiger partial charge in [0.1, 0.15) is 12.4 Å². The van der Waals surface area contributed by atoms with Gasteiger partial charge in [-0.2, -0.15) is 0 Å². The van der Waals surface area contributed by atoms with E-state index in [0.29, 0.717) is 17.0 Å². The molecule has 0 saturated heterocycles. The van der Waals surface area contributed by atoms with E-state index in [4.69, 9.17) is 5.11 Å². The van der Waals surface area contributed by atoms with Gasteiger partial charge in [-0.3, -0.25) is 4.79 Å². The molecule has 4 heteroatoms. The molecule has 3 nitrogen and oxygen atoms in total. The van der Waals surface area contributed by atoms with Crippen molar-refractivity contribution in [3.63, 3.8) is 0 Å². The van der Waals surface area contributed by atoms with Crippen molar-refractivity contribution in [2.45, 2.75) is 19.9 Å². The summed E-state index contributed by atoms with van der Waals surface area (Å²) in [6.45, 7) is 1.96. The molecule has 0 spiro atoms. The number of hydrogen-bond donors (Lipinski definition) is 2. The number of halogens is 1. The Bertz CT molecular complexity index is 545. The summed E-state index contributed by atoms with van der Waals surface area (Å²) in [5.74, 6) is 5.36. The fourth-order valence-corrected chi connectivity index (χ4v) is 1.93. The Kier molecular flexibility index (Phi) is 4.18. The molecule has 1 fully saturated rings.